The third kappa shape index (κ3) is 5.85. The van der Waals surface area contributed by atoms with Crippen molar-refractivity contribution in [3.63, 3.8) is 0 Å². The van der Waals surface area contributed by atoms with Crippen molar-refractivity contribution in [2.75, 3.05) is 38.3 Å². The fourth-order valence-corrected chi connectivity index (χ4v) is 2.68. The number of ether oxygens (including phenoxy) is 1. The number of morpholine rings is 1. The van der Waals surface area contributed by atoms with Crippen LogP contribution in [0.2, 0.25) is 0 Å². The van der Waals surface area contributed by atoms with Gasteiger partial charge in [0.2, 0.25) is 0 Å². The van der Waals surface area contributed by atoms with Crippen LogP contribution in [0.1, 0.15) is 25.8 Å². The number of anilines is 1. The summed E-state index contributed by atoms with van der Waals surface area (Å²) in [6, 6.07) is 8.73. The minimum Gasteiger partial charge on any atom is -0.384 e. The van der Waals surface area contributed by atoms with Crippen molar-refractivity contribution in [1.82, 2.24) is 5.32 Å². The molecule has 24 heavy (non-hydrogen) atoms. The second-order valence-corrected chi connectivity index (χ2v) is 6.34. The number of hydrogen-bond acceptors (Lipinski definition) is 4. The molecule has 4 nitrogen and oxygen atoms in total. The van der Waals surface area contributed by atoms with Gasteiger partial charge in [0.15, 0.2) is 0 Å². The molecular formula is C20H29N3O. The van der Waals surface area contributed by atoms with E-state index in [-0.39, 0.29) is 0 Å². The third-order valence-electron chi connectivity index (χ3n) is 3.99. The standard InChI is InChI=1S/C20H29N3O/c1-16(2)13-19(21-4)14-17(3)22-15-18-5-7-20(8-6-18)23-9-11-24-12-10-23/h5-8,13,22H,3,9-12,14-15H2,1-2,4H3. The number of allylic oxidation sites excluding steroid dienone is 3. The van der Waals surface area contributed by atoms with E-state index in [2.05, 4.69) is 66.0 Å². The van der Waals surface area contributed by atoms with Gasteiger partial charge in [0.25, 0.3) is 0 Å². The minimum atomic E-state index is 0.757. The summed E-state index contributed by atoms with van der Waals surface area (Å²) < 4.78 is 5.40. The molecule has 130 valence electrons. The lowest BCUT2D eigenvalue weighted by Crippen LogP contribution is -2.36. The molecule has 0 bridgehead atoms. The van der Waals surface area contributed by atoms with Crippen molar-refractivity contribution in [3.8, 4) is 0 Å². The largest absolute Gasteiger partial charge is 0.384 e. The van der Waals surface area contributed by atoms with Gasteiger partial charge in [-0.2, -0.15) is 0 Å². The maximum absolute atomic E-state index is 5.40. The van der Waals surface area contributed by atoms with Gasteiger partial charge < -0.3 is 15.0 Å². The van der Waals surface area contributed by atoms with Crippen LogP contribution in [-0.4, -0.2) is 39.1 Å². The van der Waals surface area contributed by atoms with E-state index in [0.717, 1.165) is 50.7 Å². The fraction of sp³-hybridized carbons (Fsp3) is 0.450. The lowest BCUT2D eigenvalue weighted by Gasteiger charge is -2.29. The molecule has 1 aromatic rings. The Hall–Kier alpha value is -2.07. The van der Waals surface area contributed by atoms with Gasteiger partial charge in [0.1, 0.15) is 0 Å². The van der Waals surface area contributed by atoms with Crippen LogP contribution in [0.5, 0.6) is 0 Å². The normalized spacial score (nSPS) is 15.1. The molecule has 2 rings (SSSR count). The second kappa shape index (κ2) is 9.28. The fourth-order valence-electron chi connectivity index (χ4n) is 2.68. The Balaban J connectivity index is 1.83. The lowest BCUT2D eigenvalue weighted by molar-refractivity contribution is 0.122. The van der Waals surface area contributed by atoms with Crippen molar-refractivity contribution in [1.29, 1.82) is 0 Å². The highest BCUT2D eigenvalue weighted by Crippen LogP contribution is 2.16. The Morgan fingerprint density at radius 2 is 1.92 bits per heavy atom. The quantitative estimate of drug-likeness (QED) is 0.778. The van der Waals surface area contributed by atoms with Crippen molar-refractivity contribution >= 4 is 11.4 Å². The van der Waals surface area contributed by atoms with Gasteiger partial charge in [-0.15, -0.1) is 0 Å². The zero-order chi connectivity index (χ0) is 17.4. The molecule has 1 fully saturated rings. The summed E-state index contributed by atoms with van der Waals surface area (Å²) in [5.74, 6) is 0. The van der Waals surface area contributed by atoms with Crippen LogP contribution in [0.15, 0.2) is 53.2 Å². The van der Waals surface area contributed by atoms with E-state index in [1.165, 1.54) is 16.8 Å². The molecule has 0 aromatic heterocycles. The van der Waals surface area contributed by atoms with Gasteiger partial charge in [0, 0.05) is 50.2 Å². The highest BCUT2D eigenvalue weighted by atomic mass is 16.5. The molecule has 0 saturated carbocycles. The zero-order valence-electron chi connectivity index (χ0n) is 15.1. The van der Waals surface area contributed by atoms with Gasteiger partial charge in [-0.3, -0.25) is 4.99 Å². The van der Waals surface area contributed by atoms with Crippen LogP contribution < -0.4 is 10.2 Å². The smallest absolute Gasteiger partial charge is 0.0642 e. The predicted octanol–water partition coefficient (Wildman–Crippen LogP) is 3.55. The van der Waals surface area contributed by atoms with Gasteiger partial charge in [-0.1, -0.05) is 24.3 Å². The number of hydrogen-bond donors (Lipinski definition) is 1. The van der Waals surface area contributed by atoms with E-state index in [0.29, 0.717) is 0 Å². The minimum absolute atomic E-state index is 0.757. The molecule has 1 aliphatic rings. The first-order valence-electron chi connectivity index (χ1n) is 8.52. The van der Waals surface area contributed by atoms with E-state index in [1.807, 2.05) is 7.05 Å². The van der Waals surface area contributed by atoms with E-state index in [9.17, 15) is 0 Å². The second-order valence-electron chi connectivity index (χ2n) is 6.34. The predicted molar refractivity (Wildman–Crippen MR) is 103 cm³/mol. The van der Waals surface area contributed by atoms with Crippen LogP contribution in [0.3, 0.4) is 0 Å². The van der Waals surface area contributed by atoms with E-state index in [1.54, 1.807) is 0 Å². The van der Waals surface area contributed by atoms with Gasteiger partial charge >= 0.3 is 0 Å². The van der Waals surface area contributed by atoms with E-state index in [4.69, 9.17) is 4.74 Å². The SMILES string of the molecule is C=C(CC(C=C(C)C)=NC)NCc1ccc(N2CCOCC2)cc1. The average molecular weight is 327 g/mol. The molecule has 0 unspecified atom stereocenters. The number of nitrogens with zero attached hydrogens (tertiary/aromatic N) is 2. The highest BCUT2D eigenvalue weighted by molar-refractivity contribution is 5.96. The molecule has 0 amide bonds. The molecule has 1 N–H and O–H groups in total. The molecule has 1 saturated heterocycles. The van der Waals surface area contributed by atoms with E-state index >= 15 is 0 Å². The van der Waals surface area contributed by atoms with Crippen molar-refractivity contribution < 1.29 is 4.74 Å². The number of aliphatic imine (C=N–C) groups is 1. The lowest BCUT2D eigenvalue weighted by atomic mass is 10.1. The molecule has 0 atom stereocenters. The number of benzene rings is 1. The van der Waals surface area contributed by atoms with Crippen molar-refractivity contribution in [2.45, 2.75) is 26.8 Å². The summed E-state index contributed by atoms with van der Waals surface area (Å²) in [7, 11) is 1.83. The van der Waals surface area contributed by atoms with Crippen LogP contribution in [0.4, 0.5) is 5.69 Å². The Morgan fingerprint density at radius 1 is 1.25 bits per heavy atom. The first kappa shape index (κ1) is 18.3. The number of nitrogens with one attached hydrogen (secondary N) is 1. The van der Waals surface area contributed by atoms with Crippen LogP contribution in [0.25, 0.3) is 0 Å². The summed E-state index contributed by atoms with van der Waals surface area (Å²) in [6.45, 7) is 12.6. The topological polar surface area (TPSA) is 36.9 Å². The Morgan fingerprint density at radius 3 is 2.50 bits per heavy atom. The van der Waals surface area contributed by atoms with Crippen molar-refractivity contribution in [2.24, 2.45) is 4.99 Å². The third-order valence-corrected chi connectivity index (χ3v) is 3.99. The van der Waals surface area contributed by atoms with Crippen LogP contribution in [0, 0.1) is 0 Å². The molecule has 1 aromatic carbocycles. The summed E-state index contributed by atoms with van der Waals surface area (Å²) in [4.78, 5) is 6.67. The summed E-state index contributed by atoms with van der Waals surface area (Å²) >= 11 is 0. The summed E-state index contributed by atoms with van der Waals surface area (Å²) in [5, 5.41) is 3.40. The maximum Gasteiger partial charge on any atom is 0.0642 e. The van der Waals surface area contributed by atoms with Gasteiger partial charge in [0.05, 0.1) is 13.2 Å². The number of rotatable bonds is 7. The molecule has 0 spiro atoms. The van der Waals surface area contributed by atoms with E-state index < -0.39 is 0 Å². The maximum atomic E-state index is 5.40. The molecule has 1 aliphatic heterocycles. The Labute approximate surface area is 145 Å². The van der Waals surface area contributed by atoms with Gasteiger partial charge in [-0.05, 0) is 37.6 Å². The van der Waals surface area contributed by atoms with Crippen LogP contribution in [-0.2, 0) is 11.3 Å². The molecular weight excluding hydrogens is 298 g/mol. The first-order chi connectivity index (χ1) is 11.6. The monoisotopic (exact) mass is 327 g/mol. The summed E-state index contributed by atoms with van der Waals surface area (Å²) in [6.07, 6.45) is 2.86. The molecule has 1 heterocycles. The first-order valence-corrected chi connectivity index (χ1v) is 8.52. The summed E-state index contributed by atoms with van der Waals surface area (Å²) in [5.41, 5.74) is 5.82. The highest BCUT2D eigenvalue weighted by Gasteiger charge is 2.10. The van der Waals surface area contributed by atoms with Crippen molar-refractivity contribution in [3.05, 3.63) is 53.8 Å². The van der Waals surface area contributed by atoms with Gasteiger partial charge in [-0.25, -0.2) is 0 Å². The molecule has 0 radical (unpaired) electrons. The Bertz CT molecular complexity index is 592. The molecule has 4 heteroatoms. The molecule has 0 aliphatic carbocycles. The Kier molecular flexibility index (Phi) is 7.07. The van der Waals surface area contributed by atoms with Crippen LogP contribution >= 0.6 is 0 Å². The zero-order valence-corrected chi connectivity index (χ0v) is 15.1. The average Bonchev–Trinajstić information content (AvgIpc) is 2.60.